The number of aromatic nitrogens is 2. The van der Waals surface area contributed by atoms with Crippen LogP contribution in [0.5, 0.6) is 5.75 Å². The average molecular weight is 335 g/mol. The minimum Gasteiger partial charge on any atom is -0.491 e. The van der Waals surface area contributed by atoms with Gasteiger partial charge >= 0.3 is 0 Å². The largest absolute Gasteiger partial charge is 0.491 e. The third kappa shape index (κ3) is 4.07. The minimum atomic E-state index is -0.187. The van der Waals surface area contributed by atoms with Gasteiger partial charge in [-0.3, -0.25) is 4.79 Å². The SMILES string of the molecule is Cc1cc(NC(=O)c2ccc(OC(C)C)cc2)n(-c2ccccc2)n1. The Balaban J connectivity index is 1.80. The zero-order chi connectivity index (χ0) is 17.8. The fourth-order valence-corrected chi connectivity index (χ4v) is 2.50. The molecule has 5 heteroatoms. The fourth-order valence-electron chi connectivity index (χ4n) is 2.50. The second-order valence-corrected chi connectivity index (χ2v) is 6.06. The van der Waals surface area contributed by atoms with Gasteiger partial charge in [0.2, 0.25) is 0 Å². The van der Waals surface area contributed by atoms with Crippen LogP contribution in [-0.2, 0) is 0 Å². The summed E-state index contributed by atoms with van der Waals surface area (Å²) in [5.74, 6) is 1.20. The molecule has 3 rings (SSSR count). The van der Waals surface area contributed by atoms with Crippen LogP contribution < -0.4 is 10.1 Å². The monoisotopic (exact) mass is 335 g/mol. The van der Waals surface area contributed by atoms with Gasteiger partial charge in [0.05, 0.1) is 17.5 Å². The smallest absolute Gasteiger partial charge is 0.256 e. The van der Waals surface area contributed by atoms with E-state index in [-0.39, 0.29) is 12.0 Å². The molecule has 0 saturated heterocycles. The predicted octanol–water partition coefficient (Wildman–Crippen LogP) is 4.22. The summed E-state index contributed by atoms with van der Waals surface area (Å²) in [6.45, 7) is 5.83. The first-order valence-corrected chi connectivity index (χ1v) is 8.23. The number of benzene rings is 2. The maximum Gasteiger partial charge on any atom is 0.256 e. The third-order valence-corrected chi connectivity index (χ3v) is 3.56. The molecule has 0 aliphatic carbocycles. The van der Waals surface area contributed by atoms with E-state index in [2.05, 4.69) is 10.4 Å². The van der Waals surface area contributed by atoms with Gasteiger partial charge in [-0.25, -0.2) is 4.68 Å². The van der Waals surface area contributed by atoms with Gasteiger partial charge in [-0.2, -0.15) is 5.10 Å². The van der Waals surface area contributed by atoms with Crippen molar-refractivity contribution < 1.29 is 9.53 Å². The van der Waals surface area contributed by atoms with E-state index in [1.54, 1.807) is 28.9 Å². The Morgan fingerprint density at radius 3 is 2.40 bits per heavy atom. The molecule has 0 aliphatic heterocycles. The van der Waals surface area contributed by atoms with Gasteiger partial charge in [0.25, 0.3) is 5.91 Å². The first-order chi connectivity index (χ1) is 12.0. The number of amides is 1. The van der Waals surface area contributed by atoms with Crippen molar-refractivity contribution in [2.45, 2.75) is 26.9 Å². The van der Waals surface area contributed by atoms with Crippen molar-refractivity contribution in [3.8, 4) is 11.4 Å². The molecule has 1 aromatic heterocycles. The van der Waals surface area contributed by atoms with Crippen LogP contribution in [-0.4, -0.2) is 21.8 Å². The summed E-state index contributed by atoms with van der Waals surface area (Å²) in [7, 11) is 0. The minimum absolute atomic E-state index is 0.0999. The highest BCUT2D eigenvalue weighted by Gasteiger charge is 2.12. The molecule has 1 N–H and O–H groups in total. The number of ether oxygens (including phenoxy) is 1. The molecule has 1 amide bonds. The van der Waals surface area contributed by atoms with E-state index >= 15 is 0 Å². The Labute approximate surface area is 147 Å². The molecule has 0 spiro atoms. The predicted molar refractivity (Wildman–Crippen MR) is 98.5 cm³/mol. The van der Waals surface area contributed by atoms with Crippen LogP contribution in [0, 0.1) is 6.92 Å². The van der Waals surface area contributed by atoms with E-state index < -0.39 is 0 Å². The van der Waals surface area contributed by atoms with E-state index in [1.165, 1.54) is 0 Å². The lowest BCUT2D eigenvalue weighted by Gasteiger charge is -2.11. The topological polar surface area (TPSA) is 56.1 Å². The van der Waals surface area contributed by atoms with Crippen molar-refractivity contribution in [2.75, 3.05) is 5.32 Å². The molecule has 0 aliphatic rings. The van der Waals surface area contributed by atoms with E-state index in [1.807, 2.05) is 57.2 Å². The Morgan fingerprint density at radius 2 is 1.76 bits per heavy atom. The summed E-state index contributed by atoms with van der Waals surface area (Å²) in [4.78, 5) is 12.5. The molecule has 128 valence electrons. The van der Waals surface area contributed by atoms with Gasteiger partial charge in [-0.1, -0.05) is 18.2 Å². The Hall–Kier alpha value is -3.08. The van der Waals surface area contributed by atoms with Gasteiger partial charge in [0, 0.05) is 11.6 Å². The van der Waals surface area contributed by atoms with E-state index in [9.17, 15) is 4.79 Å². The van der Waals surface area contributed by atoms with Crippen LogP contribution in [0.1, 0.15) is 29.9 Å². The lowest BCUT2D eigenvalue weighted by molar-refractivity contribution is 0.102. The summed E-state index contributed by atoms with van der Waals surface area (Å²) < 4.78 is 7.33. The van der Waals surface area contributed by atoms with E-state index in [0.717, 1.165) is 17.1 Å². The van der Waals surface area contributed by atoms with Crippen LogP contribution in [0.2, 0.25) is 0 Å². The zero-order valence-corrected chi connectivity index (χ0v) is 14.6. The molecule has 0 radical (unpaired) electrons. The molecular formula is C20H21N3O2. The summed E-state index contributed by atoms with van der Waals surface area (Å²) >= 11 is 0. The zero-order valence-electron chi connectivity index (χ0n) is 14.6. The van der Waals surface area contributed by atoms with Gasteiger partial charge in [-0.15, -0.1) is 0 Å². The van der Waals surface area contributed by atoms with Crippen LogP contribution in [0.15, 0.2) is 60.7 Å². The lowest BCUT2D eigenvalue weighted by Crippen LogP contribution is -2.15. The number of para-hydroxylation sites is 1. The number of nitrogens with zero attached hydrogens (tertiary/aromatic N) is 2. The van der Waals surface area contributed by atoms with Gasteiger partial charge in [0.1, 0.15) is 11.6 Å². The first-order valence-electron chi connectivity index (χ1n) is 8.23. The molecule has 0 fully saturated rings. The Morgan fingerprint density at radius 1 is 1.08 bits per heavy atom. The summed E-state index contributed by atoms with van der Waals surface area (Å²) in [6.07, 6.45) is 0.0999. The van der Waals surface area contributed by atoms with Gasteiger partial charge in [-0.05, 0) is 57.2 Å². The lowest BCUT2D eigenvalue weighted by atomic mass is 10.2. The molecule has 25 heavy (non-hydrogen) atoms. The number of rotatable bonds is 5. The summed E-state index contributed by atoms with van der Waals surface area (Å²) in [5.41, 5.74) is 2.29. The standard InChI is InChI=1S/C20H21N3O2/c1-14(2)25-18-11-9-16(10-12-18)20(24)21-19-13-15(3)22-23(19)17-7-5-4-6-8-17/h4-14H,1-3H3,(H,21,24). The van der Waals surface area contributed by atoms with Crippen LogP contribution >= 0.6 is 0 Å². The fraction of sp³-hybridized carbons (Fsp3) is 0.200. The number of anilines is 1. The van der Waals surface area contributed by atoms with E-state index in [4.69, 9.17) is 4.74 Å². The molecule has 0 unspecified atom stereocenters. The van der Waals surface area contributed by atoms with Crippen molar-refractivity contribution in [1.82, 2.24) is 9.78 Å². The van der Waals surface area contributed by atoms with Gasteiger partial charge in [0.15, 0.2) is 0 Å². The molecule has 5 nitrogen and oxygen atoms in total. The van der Waals surface area contributed by atoms with Crippen LogP contribution in [0.25, 0.3) is 5.69 Å². The van der Waals surface area contributed by atoms with Crippen LogP contribution in [0.3, 0.4) is 0 Å². The summed E-state index contributed by atoms with van der Waals surface area (Å²) in [6, 6.07) is 18.7. The first kappa shape index (κ1) is 16.8. The summed E-state index contributed by atoms with van der Waals surface area (Å²) in [5, 5.41) is 7.38. The molecular weight excluding hydrogens is 314 g/mol. The number of carbonyl (C=O) groups excluding carboxylic acids is 1. The second kappa shape index (κ2) is 7.21. The number of nitrogens with one attached hydrogen (secondary N) is 1. The number of hydrogen-bond acceptors (Lipinski definition) is 3. The maximum atomic E-state index is 12.5. The number of hydrogen-bond donors (Lipinski definition) is 1. The van der Waals surface area contributed by atoms with E-state index in [0.29, 0.717) is 11.4 Å². The molecule has 3 aromatic rings. The molecule has 1 heterocycles. The number of carbonyl (C=O) groups is 1. The molecule has 0 bridgehead atoms. The van der Waals surface area contributed by atoms with Crippen molar-refractivity contribution in [1.29, 1.82) is 0 Å². The maximum absolute atomic E-state index is 12.5. The molecule has 0 saturated carbocycles. The second-order valence-electron chi connectivity index (χ2n) is 6.06. The Bertz CT molecular complexity index is 852. The third-order valence-electron chi connectivity index (χ3n) is 3.56. The van der Waals surface area contributed by atoms with Crippen molar-refractivity contribution >= 4 is 11.7 Å². The van der Waals surface area contributed by atoms with Crippen molar-refractivity contribution in [3.05, 3.63) is 71.9 Å². The van der Waals surface area contributed by atoms with Crippen molar-refractivity contribution in [2.24, 2.45) is 0 Å². The molecule has 0 atom stereocenters. The Kier molecular flexibility index (Phi) is 4.84. The molecule has 2 aromatic carbocycles. The quantitative estimate of drug-likeness (QED) is 0.759. The van der Waals surface area contributed by atoms with Gasteiger partial charge < -0.3 is 10.1 Å². The highest BCUT2D eigenvalue weighted by Crippen LogP contribution is 2.19. The average Bonchev–Trinajstić information content (AvgIpc) is 2.96. The normalized spacial score (nSPS) is 10.7. The highest BCUT2D eigenvalue weighted by atomic mass is 16.5. The highest BCUT2D eigenvalue weighted by molar-refractivity contribution is 6.04. The van der Waals surface area contributed by atoms with Crippen LogP contribution in [0.4, 0.5) is 5.82 Å². The number of aryl methyl sites for hydroxylation is 1. The van der Waals surface area contributed by atoms with Crippen molar-refractivity contribution in [3.63, 3.8) is 0 Å².